The first-order valence-corrected chi connectivity index (χ1v) is 10.8. The van der Waals surface area contributed by atoms with Gasteiger partial charge in [0.25, 0.3) is 5.91 Å². The number of aromatic nitrogens is 5. The Labute approximate surface area is 192 Å². The number of rotatable bonds is 11. The van der Waals surface area contributed by atoms with Gasteiger partial charge in [-0.15, -0.1) is 5.10 Å². The van der Waals surface area contributed by atoms with E-state index in [1.54, 1.807) is 6.21 Å². The van der Waals surface area contributed by atoms with Crippen LogP contribution in [0.5, 0.6) is 0 Å². The van der Waals surface area contributed by atoms with Gasteiger partial charge in [0.15, 0.2) is 5.69 Å². The van der Waals surface area contributed by atoms with Crippen molar-refractivity contribution < 1.29 is 9.42 Å². The number of carbonyl (C=O) groups is 1. The number of nitrogen functional groups attached to an aromatic ring is 1. The van der Waals surface area contributed by atoms with E-state index in [-0.39, 0.29) is 17.3 Å². The summed E-state index contributed by atoms with van der Waals surface area (Å²) in [6.07, 6.45) is 3.50. The molecule has 0 unspecified atom stereocenters. The Kier molecular flexibility index (Phi) is 8.08. The van der Waals surface area contributed by atoms with Crippen LogP contribution in [-0.4, -0.2) is 69.5 Å². The summed E-state index contributed by atoms with van der Waals surface area (Å²) in [5.74, 6) is -0.237. The maximum atomic E-state index is 12.9. The third-order valence-corrected chi connectivity index (χ3v) is 4.92. The third kappa shape index (κ3) is 5.92. The Morgan fingerprint density at radius 3 is 2.45 bits per heavy atom. The standard InChI is InChI=1S/C21H30N10O2/c1-5-11-30(12-6-2)14-17-18(24-28-31(17)20-19(22)26-33-27-20)21(32)25-23-13-15-7-9-16(10-8-15)29(3)4/h7-10,13H,5-6,11-12,14H2,1-4H3,(H2,22,26)(H,25,32)/b23-13-. The number of benzene rings is 1. The van der Waals surface area contributed by atoms with Crippen molar-refractivity contribution in [2.45, 2.75) is 33.2 Å². The Morgan fingerprint density at radius 2 is 1.88 bits per heavy atom. The summed E-state index contributed by atoms with van der Waals surface area (Å²) in [7, 11) is 3.94. The first-order chi connectivity index (χ1) is 15.9. The molecule has 0 saturated heterocycles. The zero-order valence-electron chi connectivity index (χ0n) is 19.4. The van der Waals surface area contributed by atoms with Crippen LogP contribution in [0.4, 0.5) is 11.5 Å². The van der Waals surface area contributed by atoms with Crippen molar-refractivity contribution in [3.05, 3.63) is 41.2 Å². The number of hydrogen-bond acceptors (Lipinski definition) is 10. The van der Waals surface area contributed by atoms with Gasteiger partial charge in [-0.2, -0.15) is 9.78 Å². The summed E-state index contributed by atoms with van der Waals surface area (Å²) in [6, 6.07) is 7.78. The van der Waals surface area contributed by atoms with Crippen molar-refractivity contribution in [2.75, 3.05) is 37.8 Å². The lowest BCUT2D eigenvalue weighted by molar-refractivity contribution is 0.0947. The van der Waals surface area contributed by atoms with Gasteiger partial charge >= 0.3 is 0 Å². The maximum absolute atomic E-state index is 12.9. The molecule has 1 amide bonds. The Bertz CT molecular complexity index is 1070. The molecule has 33 heavy (non-hydrogen) atoms. The summed E-state index contributed by atoms with van der Waals surface area (Å²) in [5, 5.41) is 19.6. The molecule has 2 heterocycles. The van der Waals surface area contributed by atoms with Crippen LogP contribution in [-0.2, 0) is 6.54 Å². The Balaban J connectivity index is 1.82. The Hall–Kier alpha value is -3.80. The van der Waals surface area contributed by atoms with Crippen molar-refractivity contribution in [1.82, 2.24) is 35.6 Å². The van der Waals surface area contributed by atoms with Gasteiger partial charge in [0.1, 0.15) is 0 Å². The van der Waals surface area contributed by atoms with Crippen LogP contribution in [0.1, 0.15) is 48.4 Å². The van der Waals surface area contributed by atoms with Gasteiger partial charge in [-0.25, -0.2) is 10.1 Å². The highest BCUT2D eigenvalue weighted by molar-refractivity contribution is 5.94. The molecule has 0 aliphatic rings. The second kappa shape index (κ2) is 11.2. The number of nitrogens with one attached hydrogen (secondary N) is 1. The fraction of sp³-hybridized carbons (Fsp3) is 0.429. The molecule has 2 aromatic heterocycles. The quantitative estimate of drug-likeness (QED) is 0.327. The molecule has 3 N–H and O–H groups in total. The predicted molar refractivity (Wildman–Crippen MR) is 125 cm³/mol. The number of nitrogens with two attached hydrogens (primary N) is 1. The topological polar surface area (TPSA) is 144 Å². The number of carbonyl (C=O) groups excluding carboxylic acids is 1. The van der Waals surface area contributed by atoms with Gasteiger partial charge in [0, 0.05) is 26.3 Å². The van der Waals surface area contributed by atoms with Gasteiger partial charge < -0.3 is 10.6 Å². The molecule has 0 aliphatic heterocycles. The fourth-order valence-corrected chi connectivity index (χ4v) is 3.32. The molecular formula is C21H30N10O2. The van der Waals surface area contributed by atoms with Gasteiger partial charge in [0.2, 0.25) is 11.6 Å². The van der Waals surface area contributed by atoms with E-state index in [0.717, 1.165) is 37.2 Å². The third-order valence-electron chi connectivity index (χ3n) is 4.92. The fourth-order valence-electron chi connectivity index (χ4n) is 3.32. The van der Waals surface area contributed by atoms with E-state index < -0.39 is 5.91 Å². The van der Waals surface area contributed by atoms with Crippen molar-refractivity contribution in [3.63, 3.8) is 0 Å². The summed E-state index contributed by atoms with van der Waals surface area (Å²) in [4.78, 5) is 17.1. The van der Waals surface area contributed by atoms with E-state index in [1.807, 2.05) is 43.3 Å². The summed E-state index contributed by atoms with van der Waals surface area (Å²) in [6.45, 7) is 6.34. The van der Waals surface area contributed by atoms with E-state index >= 15 is 0 Å². The van der Waals surface area contributed by atoms with Crippen LogP contribution in [0.2, 0.25) is 0 Å². The molecular weight excluding hydrogens is 424 g/mol. The molecule has 0 atom stereocenters. The number of anilines is 2. The van der Waals surface area contributed by atoms with Crippen LogP contribution in [0.3, 0.4) is 0 Å². The minimum absolute atomic E-state index is 0.0600. The van der Waals surface area contributed by atoms with Crippen LogP contribution in [0.15, 0.2) is 34.0 Å². The van der Waals surface area contributed by atoms with Crippen molar-refractivity contribution in [3.8, 4) is 5.82 Å². The molecule has 0 spiro atoms. The monoisotopic (exact) mass is 454 g/mol. The second-order valence-corrected chi connectivity index (χ2v) is 7.73. The molecule has 3 rings (SSSR count). The minimum atomic E-state index is -0.486. The molecule has 12 heteroatoms. The highest BCUT2D eigenvalue weighted by Crippen LogP contribution is 2.18. The SMILES string of the molecule is CCCN(CCC)Cc1c(C(=O)N/N=C\c2ccc(N(C)C)cc2)nnn1-c1nonc1N. The molecule has 3 aromatic rings. The highest BCUT2D eigenvalue weighted by Gasteiger charge is 2.25. The number of hydrazone groups is 1. The lowest BCUT2D eigenvalue weighted by Crippen LogP contribution is -2.28. The van der Waals surface area contributed by atoms with Crippen LogP contribution < -0.4 is 16.1 Å². The molecule has 1 aromatic carbocycles. The number of hydrogen-bond donors (Lipinski definition) is 2. The lowest BCUT2D eigenvalue weighted by Gasteiger charge is -2.21. The first kappa shape index (κ1) is 23.9. The second-order valence-electron chi connectivity index (χ2n) is 7.73. The van der Waals surface area contributed by atoms with Crippen molar-refractivity contribution >= 4 is 23.6 Å². The van der Waals surface area contributed by atoms with Gasteiger partial charge in [0.05, 0.1) is 11.9 Å². The molecule has 0 fully saturated rings. The van der Waals surface area contributed by atoms with Crippen LogP contribution in [0, 0.1) is 0 Å². The summed E-state index contributed by atoms with van der Waals surface area (Å²) >= 11 is 0. The van der Waals surface area contributed by atoms with Crippen molar-refractivity contribution in [1.29, 1.82) is 0 Å². The van der Waals surface area contributed by atoms with Gasteiger partial charge in [-0.1, -0.05) is 31.2 Å². The first-order valence-electron chi connectivity index (χ1n) is 10.8. The molecule has 0 aliphatic carbocycles. The van der Waals surface area contributed by atoms with E-state index in [0.29, 0.717) is 12.2 Å². The van der Waals surface area contributed by atoms with Gasteiger partial charge in [-0.05, 0) is 53.9 Å². The molecule has 0 saturated carbocycles. The number of nitrogens with zero attached hydrogens (tertiary/aromatic N) is 8. The zero-order valence-corrected chi connectivity index (χ0v) is 19.4. The molecule has 12 nitrogen and oxygen atoms in total. The smallest absolute Gasteiger partial charge is 0.293 e. The van der Waals surface area contributed by atoms with E-state index in [1.165, 1.54) is 4.68 Å². The zero-order chi connectivity index (χ0) is 23.8. The largest absolute Gasteiger partial charge is 0.378 e. The van der Waals surface area contributed by atoms with E-state index in [9.17, 15) is 4.79 Å². The normalized spacial score (nSPS) is 11.4. The average molecular weight is 455 g/mol. The highest BCUT2D eigenvalue weighted by atomic mass is 16.6. The predicted octanol–water partition coefficient (Wildman–Crippen LogP) is 1.68. The molecule has 176 valence electrons. The number of amides is 1. The Morgan fingerprint density at radius 1 is 1.18 bits per heavy atom. The molecule has 0 bridgehead atoms. The lowest BCUT2D eigenvalue weighted by atomic mass is 10.2. The summed E-state index contributed by atoms with van der Waals surface area (Å²) < 4.78 is 6.10. The van der Waals surface area contributed by atoms with Crippen LogP contribution >= 0.6 is 0 Å². The summed E-state index contributed by atoms with van der Waals surface area (Å²) in [5.41, 5.74) is 11.0. The van der Waals surface area contributed by atoms with Crippen LogP contribution in [0.25, 0.3) is 5.82 Å². The van der Waals surface area contributed by atoms with Crippen molar-refractivity contribution in [2.24, 2.45) is 5.10 Å². The van der Waals surface area contributed by atoms with E-state index in [4.69, 9.17) is 10.4 Å². The van der Waals surface area contributed by atoms with E-state index in [2.05, 4.69) is 49.9 Å². The van der Waals surface area contributed by atoms with Gasteiger partial charge in [-0.3, -0.25) is 9.69 Å². The average Bonchev–Trinajstić information content (AvgIpc) is 3.40. The molecule has 0 radical (unpaired) electrons. The minimum Gasteiger partial charge on any atom is -0.378 e. The maximum Gasteiger partial charge on any atom is 0.293 e.